The Bertz CT molecular complexity index is 665. The van der Waals surface area contributed by atoms with Crippen molar-refractivity contribution in [3.8, 4) is 5.75 Å². The molecule has 0 N–H and O–H groups in total. The zero-order chi connectivity index (χ0) is 17.4. The number of ether oxygens (including phenoxy) is 2. The maximum atomic E-state index is 12.5. The molecule has 130 valence electrons. The summed E-state index contributed by atoms with van der Waals surface area (Å²) in [6.45, 7) is 10.1. The maximum Gasteiger partial charge on any atom is 0.341 e. The minimum atomic E-state index is -0.316. The molecule has 0 saturated heterocycles. The van der Waals surface area contributed by atoms with Gasteiger partial charge in [-0.3, -0.25) is 0 Å². The number of benzene rings is 2. The van der Waals surface area contributed by atoms with Gasteiger partial charge in [0.15, 0.2) is 0 Å². The second-order valence-electron chi connectivity index (χ2n) is 5.64. The fourth-order valence-corrected chi connectivity index (χ4v) is 2.72. The monoisotopic (exact) mass is 329 g/mol. The molecule has 24 heavy (non-hydrogen) atoms. The van der Waals surface area contributed by atoms with Crippen molar-refractivity contribution in [1.29, 1.82) is 0 Å². The van der Waals surface area contributed by atoms with E-state index in [-0.39, 0.29) is 5.97 Å². The van der Waals surface area contributed by atoms with Crippen LogP contribution in [-0.4, -0.2) is 43.7 Å². The normalized spacial score (nSPS) is 11.0. The smallest absolute Gasteiger partial charge is 0.341 e. The molecule has 0 aromatic heterocycles. The lowest BCUT2D eigenvalue weighted by atomic mass is 10.1. The van der Waals surface area contributed by atoms with Gasteiger partial charge < -0.3 is 14.4 Å². The molecule has 0 bridgehead atoms. The van der Waals surface area contributed by atoms with E-state index < -0.39 is 0 Å². The van der Waals surface area contributed by atoms with Crippen molar-refractivity contribution < 1.29 is 14.3 Å². The molecule has 0 aliphatic carbocycles. The van der Waals surface area contributed by atoms with E-state index in [4.69, 9.17) is 9.47 Å². The van der Waals surface area contributed by atoms with Gasteiger partial charge in [0.25, 0.3) is 0 Å². The number of esters is 1. The minimum absolute atomic E-state index is 0.316. The standard InChI is InChI=1S/C20H27NO3/c1-4-21(5-2)12-9-13-24-20(22)18-14-16-10-7-8-11-17(16)15-19(18)23-6-3/h7-8,10-11,14-15H,4-6,9,12-13H2,1-3H3. The lowest BCUT2D eigenvalue weighted by molar-refractivity contribution is 0.0485. The molecule has 0 atom stereocenters. The summed E-state index contributed by atoms with van der Waals surface area (Å²) in [5, 5.41) is 2.06. The highest BCUT2D eigenvalue weighted by Gasteiger charge is 2.15. The third-order valence-corrected chi connectivity index (χ3v) is 4.11. The SMILES string of the molecule is CCOc1cc2ccccc2cc1C(=O)OCCCN(CC)CC. The Morgan fingerprint density at radius 3 is 2.33 bits per heavy atom. The number of hydrogen-bond donors (Lipinski definition) is 0. The lowest BCUT2D eigenvalue weighted by Crippen LogP contribution is -2.25. The van der Waals surface area contributed by atoms with Crippen LogP contribution in [0.4, 0.5) is 0 Å². The summed E-state index contributed by atoms with van der Waals surface area (Å²) in [6.07, 6.45) is 0.838. The van der Waals surface area contributed by atoms with E-state index in [1.165, 1.54) is 0 Å². The molecule has 0 amide bonds. The molecule has 0 heterocycles. The van der Waals surface area contributed by atoms with E-state index in [0.717, 1.165) is 36.8 Å². The lowest BCUT2D eigenvalue weighted by Gasteiger charge is -2.17. The number of hydrogen-bond acceptors (Lipinski definition) is 4. The highest BCUT2D eigenvalue weighted by atomic mass is 16.5. The molecule has 0 spiro atoms. The second-order valence-corrected chi connectivity index (χ2v) is 5.64. The predicted octanol–water partition coefficient (Wildman–Crippen LogP) is 4.13. The summed E-state index contributed by atoms with van der Waals surface area (Å²) in [5.74, 6) is 0.272. The third-order valence-electron chi connectivity index (χ3n) is 4.11. The fourth-order valence-electron chi connectivity index (χ4n) is 2.72. The molecule has 2 rings (SSSR count). The fraction of sp³-hybridized carbons (Fsp3) is 0.450. The van der Waals surface area contributed by atoms with Gasteiger partial charge in [-0.05, 0) is 49.3 Å². The Labute approximate surface area is 144 Å². The molecular formula is C20H27NO3. The van der Waals surface area contributed by atoms with E-state index in [1.807, 2.05) is 43.3 Å². The Balaban J connectivity index is 2.06. The van der Waals surface area contributed by atoms with Crippen LogP contribution in [0.3, 0.4) is 0 Å². The van der Waals surface area contributed by atoms with Crippen LogP contribution in [0.5, 0.6) is 5.75 Å². The quantitative estimate of drug-likeness (QED) is 0.512. The van der Waals surface area contributed by atoms with E-state index in [2.05, 4.69) is 18.7 Å². The number of rotatable bonds is 9. The number of fused-ring (bicyclic) bond motifs is 1. The van der Waals surface area contributed by atoms with Crippen LogP contribution in [0.1, 0.15) is 37.6 Å². The van der Waals surface area contributed by atoms with E-state index in [9.17, 15) is 4.79 Å². The molecular weight excluding hydrogens is 302 g/mol. The predicted molar refractivity (Wildman–Crippen MR) is 97.8 cm³/mol. The van der Waals surface area contributed by atoms with Crippen molar-refractivity contribution in [1.82, 2.24) is 4.90 Å². The van der Waals surface area contributed by atoms with Crippen molar-refractivity contribution in [2.75, 3.05) is 32.8 Å². The topological polar surface area (TPSA) is 38.8 Å². The summed E-state index contributed by atoms with van der Waals surface area (Å²) in [7, 11) is 0. The zero-order valence-electron chi connectivity index (χ0n) is 14.9. The maximum absolute atomic E-state index is 12.5. The van der Waals surface area contributed by atoms with Crippen molar-refractivity contribution in [2.24, 2.45) is 0 Å². The highest BCUT2D eigenvalue weighted by molar-refractivity contribution is 5.98. The molecule has 0 fully saturated rings. The molecule has 4 heteroatoms. The van der Waals surface area contributed by atoms with Crippen LogP contribution in [0.15, 0.2) is 36.4 Å². The van der Waals surface area contributed by atoms with Gasteiger partial charge in [0, 0.05) is 6.54 Å². The first kappa shape index (κ1) is 18.3. The van der Waals surface area contributed by atoms with Gasteiger partial charge >= 0.3 is 5.97 Å². The van der Waals surface area contributed by atoms with Gasteiger partial charge in [-0.1, -0.05) is 38.1 Å². The molecule has 0 radical (unpaired) electrons. The average molecular weight is 329 g/mol. The van der Waals surface area contributed by atoms with Crippen LogP contribution < -0.4 is 4.74 Å². The first-order valence-electron chi connectivity index (χ1n) is 8.74. The van der Waals surface area contributed by atoms with Crippen LogP contribution in [0, 0.1) is 0 Å². The van der Waals surface area contributed by atoms with Gasteiger partial charge in [0.2, 0.25) is 0 Å². The third kappa shape index (κ3) is 4.71. The van der Waals surface area contributed by atoms with Crippen molar-refractivity contribution in [2.45, 2.75) is 27.2 Å². The average Bonchev–Trinajstić information content (AvgIpc) is 2.61. The molecule has 2 aromatic carbocycles. The Morgan fingerprint density at radius 2 is 1.71 bits per heavy atom. The Morgan fingerprint density at radius 1 is 1.04 bits per heavy atom. The van der Waals surface area contributed by atoms with Gasteiger partial charge in [-0.15, -0.1) is 0 Å². The molecule has 4 nitrogen and oxygen atoms in total. The number of carbonyl (C=O) groups excluding carboxylic acids is 1. The van der Waals surface area contributed by atoms with Crippen LogP contribution in [0.2, 0.25) is 0 Å². The molecule has 0 unspecified atom stereocenters. The number of carbonyl (C=O) groups is 1. The van der Waals surface area contributed by atoms with Crippen molar-refractivity contribution in [3.63, 3.8) is 0 Å². The van der Waals surface area contributed by atoms with E-state index >= 15 is 0 Å². The summed E-state index contributed by atoms with van der Waals surface area (Å²) in [5.41, 5.74) is 0.499. The Hall–Kier alpha value is -2.07. The summed E-state index contributed by atoms with van der Waals surface area (Å²) < 4.78 is 11.1. The molecule has 0 aliphatic rings. The summed E-state index contributed by atoms with van der Waals surface area (Å²) in [6, 6.07) is 11.7. The van der Waals surface area contributed by atoms with Crippen LogP contribution in [0.25, 0.3) is 10.8 Å². The highest BCUT2D eigenvalue weighted by Crippen LogP contribution is 2.27. The summed E-state index contributed by atoms with van der Waals surface area (Å²) >= 11 is 0. The van der Waals surface area contributed by atoms with E-state index in [0.29, 0.717) is 24.5 Å². The number of nitrogens with zero attached hydrogens (tertiary/aromatic N) is 1. The van der Waals surface area contributed by atoms with Gasteiger partial charge in [0.05, 0.1) is 13.2 Å². The Kier molecular flexibility index (Phi) is 7.07. The van der Waals surface area contributed by atoms with Gasteiger partial charge in [-0.2, -0.15) is 0 Å². The van der Waals surface area contributed by atoms with E-state index in [1.54, 1.807) is 0 Å². The van der Waals surface area contributed by atoms with Gasteiger partial charge in [-0.25, -0.2) is 4.79 Å². The summed E-state index contributed by atoms with van der Waals surface area (Å²) in [4.78, 5) is 14.8. The minimum Gasteiger partial charge on any atom is -0.493 e. The molecule has 2 aromatic rings. The molecule has 0 aliphatic heterocycles. The van der Waals surface area contributed by atoms with Crippen molar-refractivity contribution in [3.05, 3.63) is 42.0 Å². The second kappa shape index (κ2) is 9.28. The van der Waals surface area contributed by atoms with Crippen LogP contribution in [-0.2, 0) is 4.74 Å². The van der Waals surface area contributed by atoms with Crippen molar-refractivity contribution >= 4 is 16.7 Å². The van der Waals surface area contributed by atoms with Gasteiger partial charge in [0.1, 0.15) is 11.3 Å². The largest absolute Gasteiger partial charge is 0.493 e. The first-order valence-corrected chi connectivity index (χ1v) is 8.74. The zero-order valence-corrected chi connectivity index (χ0v) is 14.9. The molecule has 0 saturated carbocycles. The first-order chi connectivity index (χ1) is 11.7. The van der Waals surface area contributed by atoms with Crippen LogP contribution >= 0.6 is 0 Å².